The van der Waals surface area contributed by atoms with Crippen LogP contribution in [0.25, 0.3) is 0 Å². The number of benzene rings is 1. The Labute approximate surface area is 131 Å². The predicted molar refractivity (Wildman–Crippen MR) is 85.8 cm³/mol. The van der Waals surface area contributed by atoms with E-state index in [1.807, 2.05) is 48.4 Å². The average molecular weight is 308 g/mol. The van der Waals surface area contributed by atoms with Crippen LogP contribution in [0.3, 0.4) is 0 Å². The molecule has 2 atom stereocenters. The Morgan fingerprint density at radius 3 is 2.86 bits per heavy atom. The number of rotatable bonds is 7. The lowest BCUT2D eigenvalue weighted by Crippen LogP contribution is -2.34. The zero-order chi connectivity index (χ0) is 15.2. The Morgan fingerprint density at radius 2 is 2.24 bits per heavy atom. The molecule has 0 saturated carbocycles. The van der Waals surface area contributed by atoms with Crippen molar-refractivity contribution in [1.82, 2.24) is 15.1 Å². The van der Waals surface area contributed by atoms with Gasteiger partial charge in [-0.3, -0.25) is 4.68 Å². The van der Waals surface area contributed by atoms with Gasteiger partial charge in [-0.05, 0) is 38.1 Å². The number of aryl methyl sites for hydroxylation is 1. The zero-order valence-corrected chi connectivity index (χ0v) is 13.5. The summed E-state index contributed by atoms with van der Waals surface area (Å²) in [5.74, 6) is 0.780. The lowest BCUT2D eigenvalue weighted by molar-refractivity contribution is 0.170. The molecule has 0 aliphatic carbocycles. The van der Waals surface area contributed by atoms with Crippen molar-refractivity contribution >= 4 is 11.6 Å². The number of hydrogen-bond donors (Lipinski definition) is 1. The van der Waals surface area contributed by atoms with Gasteiger partial charge in [0.05, 0.1) is 12.2 Å². The van der Waals surface area contributed by atoms with Gasteiger partial charge in [-0.2, -0.15) is 5.10 Å². The van der Waals surface area contributed by atoms with E-state index >= 15 is 0 Å². The van der Waals surface area contributed by atoms with Crippen LogP contribution in [0.1, 0.15) is 31.9 Å². The molecule has 114 valence electrons. The first kappa shape index (κ1) is 15.9. The molecular formula is C16H22ClN3O. The van der Waals surface area contributed by atoms with Crippen LogP contribution in [0.15, 0.2) is 36.7 Å². The minimum Gasteiger partial charge on any atom is -0.489 e. The smallest absolute Gasteiger partial charge is 0.121 e. The second-order valence-corrected chi connectivity index (χ2v) is 5.60. The van der Waals surface area contributed by atoms with E-state index in [1.165, 1.54) is 0 Å². The van der Waals surface area contributed by atoms with E-state index in [1.54, 1.807) is 0 Å². The van der Waals surface area contributed by atoms with Crippen molar-refractivity contribution in [1.29, 1.82) is 0 Å². The maximum atomic E-state index is 6.03. The Hall–Kier alpha value is -1.52. The molecule has 1 N–H and O–H groups in total. The zero-order valence-electron chi connectivity index (χ0n) is 12.7. The van der Waals surface area contributed by atoms with Gasteiger partial charge in [0.1, 0.15) is 11.9 Å². The largest absolute Gasteiger partial charge is 0.489 e. The first-order valence-corrected chi connectivity index (χ1v) is 7.62. The molecule has 0 amide bonds. The van der Waals surface area contributed by atoms with Crippen LogP contribution < -0.4 is 10.1 Å². The number of ether oxygens (including phenoxy) is 1. The summed E-state index contributed by atoms with van der Waals surface area (Å²) in [6.45, 7) is 5.14. The van der Waals surface area contributed by atoms with E-state index in [0.717, 1.165) is 24.3 Å². The Bertz CT molecular complexity index is 570. The van der Waals surface area contributed by atoms with Crippen LogP contribution in [-0.4, -0.2) is 22.4 Å². The van der Waals surface area contributed by atoms with Gasteiger partial charge in [0.15, 0.2) is 0 Å². The molecule has 0 aliphatic rings. The molecule has 0 spiro atoms. The predicted octanol–water partition coefficient (Wildman–Crippen LogP) is 3.58. The minimum absolute atomic E-state index is 0.0285. The van der Waals surface area contributed by atoms with Crippen LogP contribution in [0, 0.1) is 0 Å². The third kappa shape index (κ3) is 4.48. The van der Waals surface area contributed by atoms with Gasteiger partial charge in [0.2, 0.25) is 0 Å². The molecule has 0 radical (unpaired) electrons. The summed E-state index contributed by atoms with van der Waals surface area (Å²) >= 11 is 6.00. The second-order valence-electron chi connectivity index (χ2n) is 5.16. The highest BCUT2D eigenvalue weighted by atomic mass is 35.5. The molecule has 2 rings (SSSR count). The molecule has 0 bridgehead atoms. The van der Waals surface area contributed by atoms with Gasteiger partial charge in [-0.15, -0.1) is 0 Å². The van der Waals surface area contributed by atoms with Gasteiger partial charge >= 0.3 is 0 Å². The van der Waals surface area contributed by atoms with E-state index in [2.05, 4.69) is 24.3 Å². The Morgan fingerprint density at radius 1 is 1.43 bits per heavy atom. The van der Waals surface area contributed by atoms with Crippen molar-refractivity contribution in [3.63, 3.8) is 0 Å². The molecule has 21 heavy (non-hydrogen) atoms. The second kappa shape index (κ2) is 7.48. The van der Waals surface area contributed by atoms with Gasteiger partial charge < -0.3 is 10.1 Å². The van der Waals surface area contributed by atoms with E-state index in [0.29, 0.717) is 5.02 Å². The standard InChI is InChI=1S/C16H22ClN3O/c1-4-8-18-16(13-10-19-20(3)11-13)12(2)21-15-7-5-6-14(17)9-15/h5-7,9-12,16,18H,4,8H2,1-3H3. The summed E-state index contributed by atoms with van der Waals surface area (Å²) in [5, 5.41) is 8.45. The Kier molecular flexibility index (Phi) is 5.65. The van der Waals surface area contributed by atoms with E-state index in [4.69, 9.17) is 16.3 Å². The monoisotopic (exact) mass is 307 g/mol. The van der Waals surface area contributed by atoms with Gasteiger partial charge in [0.25, 0.3) is 0 Å². The average Bonchev–Trinajstić information content (AvgIpc) is 2.85. The van der Waals surface area contributed by atoms with Crippen LogP contribution in [0.4, 0.5) is 0 Å². The van der Waals surface area contributed by atoms with Crippen LogP contribution in [-0.2, 0) is 7.05 Å². The third-order valence-electron chi connectivity index (χ3n) is 3.29. The minimum atomic E-state index is -0.0285. The summed E-state index contributed by atoms with van der Waals surface area (Å²) in [6.07, 6.45) is 4.94. The number of halogens is 1. The molecular weight excluding hydrogens is 286 g/mol. The molecule has 1 heterocycles. The quantitative estimate of drug-likeness (QED) is 0.850. The fraction of sp³-hybridized carbons (Fsp3) is 0.438. The lowest BCUT2D eigenvalue weighted by atomic mass is 10.1. The van der Waals surface area contributed by atoms with Crippen LogP contribution in [0.2, 0.25) is 5.02 Å². The first-order valence-electron chi connectivity index (χ1n) is 7.24. The fourth-order valence-corrected chi connectivity index (χ4v) is 2.46. The molecule has 1 aromatic carbocycles. The van der Waals surface area contributed by atoms with Crippen molar-refractivity contribution in [2.24, 2.45) is 7.05 Å². The highest BCUT2D eigenvalue weighted by molar-refractivity contribution is 6.30. The molecule has 0 aliphatic heterocycles. The van der Waals surface area contributed by atoms with E-state index < -0.39 is 0 Å². The number of aromatic nitrogens is 2. The molecule has 1 aromatic heterocycles. The van der Waals surface area contributed by atoms with Crippen molar-refractivity contribution < 1.29 is 4.74 Å². The van der Waals surface area contributed by atoms with E-state index in [-0.39, 0.29) is 12.1 Å². The SMILES string of the molecule is CCCNC(c1cnn(C)c1)C(C)Oc1cccc(Cl)c1. The molecule has 2 aromatic rings. The van der Waals surface area contributed by atoms with Crippen molar-refractivity contribution in [3.8, 4) is 5.75 Å². The summed E-state index contributed by atoms with van der Waals surface area (Å²) in [4.78, 5) is 0. The number of nitrogens with zero attached hydrogens (tertiary/aromatic N) is 2. The maximum Gasteiger partial charge on any atom is 0.121 e. The molecule has 5 heteroatoms. The van der Waals surface area contributed by atoms with Gasteiger partial charge in [0, 0.05) is 23.8 Å². The molecule has 4 nitrogen and oxygen atoms in total. The normalized spacial score (nSPS) is 13.9. The topological polar surface area (TPSA) is 39.1 Å². The van der Waals surface area contributed by atoms with Gasteiger partial charge in [-0.25, -0.2) is 0 Å². The maximum absolute atomic E-state index is 6.03. The van der Waals surface area contributed by atoms with Crippen molar-refractivity contribution in [2.75, 3.05) is 6.54 Å². The molecule has 0 saturated heterocycles. The van der Waals surface area contributed by atoms with Crippen molar-refractivity contribution in [2.45, 2.75) is 32.4 Å². The fourth-order valence-electron chi connectivity index (χ4n) is 2.28. The van der Waals surface area contributed by atoms with Crippen LogP contribution in [0.5, 0.6) is 5.75 Å². The Balaban J connectivity index is 2.12. The first-order chi connectivity index (χ1) is 10.1. The highest BCUT2D eigenvalue weighted by Gasteiger charge is 2.21. The molecule has 2 unspecified atom stereocenters. The summed E-state index contributed by atoms with van der Waals surface area (Å²) in [5.41, 5.74) is 1.13. The number of nitrogens with one attached hydrogen (secondary N) is 1. The highest BCUT2D eigenvalue weighted by Crippen LogP contribution is 2.24. The summed E-state index contributed by atoms with van der Waals surface area (Å²) in [6, 6.07) is 7.58. The third-order valence-corrected chi connectivity index (χ3v) is 3.52. The van der Waals surface area contributed by atoms with Crippen LogP contribution >= 0.6 is 11.6 Å². The van der Waals surface area contributed by atoms with Gasteiger partial charge in [-0.1, -0.05) is 24.6 Å². The van der Waals surface area contributed by atoms with Crippen molar-refractivity contribution in [3.05, 3.63) is 47.2 Å². The lowest BCUT2D eigenvalue weighted by Gasteiger charge is -2.25. The van der Waals surface area contributed by atoms with E-state index in [9.17, 15) is 0 Å². The summed E-state index contributed by atoms with van der Waals surface area (Å²) in [7, 11) is 1.92. The summed E-state index contributed by atoms with van der Waals surface area (Å²) < 4.78 is 7.84. The molecule has 0 fully saturated rings. The number of hydrogen-bond acceptors (Lipinski definition) is 3.